The molecular formula is C28H33FN4O8. The Labute approximate surface area is 234 Å². The van der Waals surface area contributed by atoms with Gasteiger partial charge in [0.15, 0.2) is 17.1 Å². The number of nitrogens with zero attached hydrogens (tertiary/aromatic N) is 2. The Balaban J connectivity index is 1.71. The van der Waals surface area contributed by atoms with Gasteiger partial charge < -0.3 is 31.5 Å². The van der Waals surface area contributed by atoms with Crippen LogP contribution in [-0.2, 0) is 32.1 Å². The molecule has 7 N–H and O–H groups in total. The van der Waals surface area contributed by atoms with Gasteiger partial charge in [0.05, 0.1) is 23.8 Å². The van der Waals surface area contributed by atoms with Crippen molar-refractivity contribution < 1.29 is 44.0 Å². The molecule has 0 aromatic heterocycles. The van der Waals surface area contributed by atoms with Crippen molar-refractivity contribution in [3.63, 3.8) is 0 Å². The van der Waals surface area contributed by atoms with Crippen molar-refractivity contribution in [1.29, 1.82) is 0 Å². The molecule has 0 spiro atoms. The summed E-state index contributed by atoms with van der Waals surface area (Å²) in [7, 11) is 3.00. The van der Waals surface area contributed by atoms with Gasteiger partial charge in [-0.05, 0) is 38.8 Å². The first kappa shape index (κ1) is 28.7. The Bertz CT molecular complexity index is 1480. The number of carbonyl (C=O) groups is 4. The summed E-state index contributed by atoms with van der Waals surface area (Å²) in [6.07, 6.45) is -0.335. The molecule has 0 unspecified atom stereocenters. The number of carbonyl (C=O) groups excluding carboxylic acids is 4. The molecule has 4 atom stereocenters. The third-order valence-corrected chi connectivity index (χ3v) is 8.56. The highest BCUT2D eigenvalue weighted by atomic mass is 19.1. The van der Waals surface area contributed by atoms with Gasteiger partial charge in [-0.1, -0.05) is 13.8 Å². The van der Waals surface area contributed by atoms with Crippen LogP contribution in [-0.4, -0.2) is 92.4 Å². The van der Waals surface area contributed by atoms with Crippen LogP contribution in [0.15, 0.2) is 16.9 Å². The largest absolute Gasteiger partial charge is 0.508 e. The Hall–Kier alpha value is -3.81. The fraction of sp³-hybridized carbons (Fsp3) is 0.500. The normalized spacial score (nSPS) is 28.3. The number of nitrogens with two attached hydrogens (primary N) is 1. The number of Topliss-reactive ketones (excluding diaryl/α,β-unsaturated/α-hetero) is 2. The first-order valence-electron chi connectivity index (χ1n) is 13.3. The predicted molar refractivity (Wildman–Crippen MR) is 143 cm³/mol. The van der Waals surface area contributed by atoms with Crippen molar-refractivity contribution in [2.75, 3.05) is 32.5 Å². The number of amides is 2. The van der Waals surface area contributed by atoms with Crippen molar-refractivity contribution in [2.24, 2.45) is 23.5 Å². The summed E-state index contributed by atoms with van der Waals surface area (Å²) in [5, 5.41) is 47.7. The van der Waals surface area contributed by atoms with E-state index in [2.05, 4.69) is 5.32 Å². The van der Waals surface area contributed by atoms with E-state index in [1.54, 1.807) is 4.90 Å². The predicted octanol–water partition coefficient (Wildman–Crippen LogP) is 0.513. The number of anilines is 1. The molecule has 220 valence electrons. The summed E-state index contributed by atoms with van der Waals surface area (Å²) < 4.78 is 16.2. The lowest BCUT2D eigenvalue weighted by molar-refractivity contribution is -0.153. The van der Waals surface area contributed by atoms with Crippen LogP contribution in [0.5, 0.6) is 5.75 Å². The van der Waals surface area contributed by atoms with Crippen molar-refractivity contribution in [3.8, 4) is 5.75 Å². The van der Waals surface area contributed by atoms with Crippen LogP contribution in [0.1, 0.15) is 37.0 Å². The van der Waals surface area contributed by atoms with Crippen LogP contribution in [0.4, 0.5) is 10.1 Å². The number of aromatic hydroxyl groups is 1. The second-order valence-corrected chi connectivity index (χ2v) is 11.9. The number of hydrogen-bond acceptors (Lipinski definition) is 10. The van der Waals surface area contributed by atoms with Crippen LogP contribution < -0.4 is 11.1 Å². The van der Waals surface area contributed by atoms with Gasteiger partial charge in [-0.3, -0.25) is 29.0 Å². The number of halogens is 1. The highest BCUT2D eigenvalue weighted by molar-refractivity contribution is 6.24. The second kappa shape index (κ2) is 9.64. The summed E-state index contributed by atoms with van der Waals surface area (Å²) >= 11 is 0. The number of ketones is 2. The number of benzene rings is 1. The highest BCUT2D eigenvalue weighted by Crippen LogP contribution is 2.54. The quantitative estimate of drug-likeness (QED) is 0.219. The van der Waals surface area contributed by atoms with E-state index in [1.165, 1.54) is 19.0 Å². The van der Waals surface area contributed by atoms with Crippen LogP contribution in [0.2, 0.25) is 0 Å². The van der Waals surface area contributed by atoms with Gasteiger partial charge in [0.2, 0.25) is 11.7 Å². The SMILES string of the molecule is CC(C)CN1CC(=O)Nc2c(O)c3c(c(F)c2C1)C[C@H]1C[C@H]2[C@H](N(C)C)C(=O)C(C(N)=O)=C(O)[C@@]2(O)C(=O)C1=C3O. The number of nitrogens with one attached hydrogen (secondary N) is 1. The summed E-state index contributed by atoms with van der Waals surface area (Å²) in [5.41, 5.74) is 0.547. The van der Waals surface area contributed by atoms with E-state index in [0.717, 1.165) is 0 Å². The molecule has 5 rings (SSSR count). The molecule has 1 heterocycles. The first-order valence-corrected chi connectivity index (χ1v) is 13.3. The molecule has 1 aromatic carbocycles. The molecule has 1 fully saturated rings. The van der Waals surface area contributed by atoms with Crippen molar-refractivity contribution in [2.45, 2.75) is 44.9 Å². The van der Waals surface area contributed by atoms with E-state index in [4.69, 9.17) is 5.73 Å². The molecule has 0 saturated heterocycles. The van der Waals surface area contributed by atoms with E-state index in [0.29, 0.717) is 6.54 Å². The topological polar surface area (TPSA) is 194 Å². The van der Waals surface area contributed by atoms with Crippen molar-refractivity contribution >= 4 is 34.8 Å². The summed E-state index contributed by atoms with van der Waals surface area (Å²) in [4.78, 5) is 55.0. The number of hydrogen-bond donors (Lipinski definition) is 6. The molecule has 1 aromatic rings. The van der Waals surface area contributed by atoms with Gasteiger partial charge in [0, 0.05) is 35.7 Å². The number of phenols is 1. The van der Waals surface area contributed by atoms with Gasteiger partial charge in [-0.15, -0.1) is 0 Å². The number of aliphatic hydroxyl groups excluding tert-OH is 2. The summed E-state index contributed by atoms with van der Waals surface area (Å²) in [5.74, 6) is -9.32. The van der Waals surface area contributed by atoms with Gasteiger partial charge in [0.25, 0.3) is 5.91 Å². The zero-order chi connectivity index (χ0) is 30.3. The number of rotatable bonds is 4. The van der Waals surface area contributed by atoms with Crippen LogP contribution in [0.3, 0.4) is 0 Å². The number of phenolic OH excluding ortho intramolecular Hbond substituents is 1. The molecule has 13 heteroatoms. The summed E-state index contributed by atoms with van der Waals surface area (Å²) in [6.45, 7) is 4.35. The van der Waals surface area contributed by atoms with Gasteiger partial charge in [0.1, 0.15) is 22.9 Å². The van der Waals surface area contributed by atoms with E-state index in [-0.39, 0.29) is 48.7 Å². The monoisotopic (exact) mass is 572 g/mol. The summed E-state index contributed by atoms with van der Waals surface area (Å²) in [6, 6.07) is -1.24. The standard InChI is InChI=1S/C28H33FN4O8/c1-10(2)7-33-8-13-19(29)12-5-11-6-14-21(32(3)4)24(37)18(27(30)40)26(39)28(14,41)25(38)16(11)22(35)17(12)23(36)20(13)31-15(34)9-33/h10-11,14,21,35-36,39,41H,5-9H2,1-4H3,(H2,30,40)(H,31,34)/t11-,14-,21-,28-/m0/s1. The minimum Gasteiger partial charge on any atom is -0.508 e. The molecule has 4 aliphatic rings. The molecule has 1 aliphatic heterocycles. The molecule has 41 heavy (non-hydrogen) atoms. The Morgan fingerprint density at radius 3 is 2.41 bits per heavy atom. The van der Waals surface area contributed by atoms with Gasteiger partial charge in [-0.2, -0.15) is 0 Å². The molecule has 0 bridgehead atoms. The third-order valence-electron chi connectivity index (χ3n) is 8.56. The lowest BCUT2D eigenvalue weighted by Gasteiger charge is -2.50. The zero-order valence-corrected chi connectivity index (χ0v) is 23.1. The van der Waals surface area contributed by atoms with E-state index >= 15 is 4.39 Å². The molecule has 1 saturated carbocycles. The van der Waals surface area contributed by atoms with Crippen LogP contribution >= 0.6 is 0 Å². The maximum absolute atomic E-state index is 16.2. The number of aliphatic hydroxyl groups is 3. The lowest BCUT2D eigenvalue weighted by Crippen LogP contribution is -2.65. The van der Waals surface area contributed by atoms with E-state index < -0.39 is 86.7 Å². The highest BCUT2D eigenvalue weighted by Gasteiger charge is 2.64. The number of likely N-dealkylation sites (N-methyl/N-ethyl adjacent to an activating group) is 1. The van der Waals surface area contributed by atoms with Crippen LogP contribution in [0.25, 0.3) is 5.76 Å². The smallest absolute Gasteiger partial charge is 0.255 e. The minimum absolute atomic E-state index is 0.00794. The molecular weight excluding hydrogens is 539 g/mol. The number of fused-ring (bicyclic) bond motifs is 4. The molecule has 2 amide bonds. The second-order valence-electron chi connectivity index (χ2n) is 11.9. The number of primary amides is 1. The molecule has 12 nitrogen and oxygen atoms in total. The fourth-order valence-corrected chi connectivity index (χ4v) is 6.98. The van der Waals surface area contributed by atoms with Crippen LogP contribution in [0, 0.1) is 23.6 Å². The average molecular weight is 573 g/mol. The van der Waals surface area contributed by atoms with E-state index in [1.807, 2.05) is 13.8 Å². The Morgan fingerprint density at radius 2 is 1.83 bits per heavy atom. The maximum Gasteiger partial charge on any atom is 0.255 e. The van der Waals surface area contributed by atoms with Gasteiger partial charge >= 0.3 is 0 Å². The molecule has 3 aliphatic carbocycles. The minimum atomic E-state index is -2.80. The first-order chi connectivity index (χ1) is 19.1. The zero-order valence-electron chi connectivity index (χ0n) is 23.1. The Kier molecular flexibility index (Phi) is 6.75. The average Bonchev–Trinajstić information content (AvgIpc) is 3.02. The maximum atomic E-state index is 16.2. The Morgan fingerprint density at radius 1 is 1.17 bits per heavy atom. The van der Waals surface area contributed by atoms with Gasteiger partial charge in [-0.25, -0.2) is 4.39 Å². The molecule has 0 radical (unpaired) electrons. The van der Waals surface area contributed by atoms with Crippen molar-refractivity contribution in [1.82, 2.24) is 9.80 Å². The third kappa shape index (κ3) is 4.05. The van der Waals surface area contributed by atoms with Crippen molar-refractivity contribution in [3.05, 3.63) is 39.4 Å². The van der Waals surface area contributed by atoms with E-state index in [9.17, 15) is 39.6 Å². The lowest BCUT2D eigenvalue weighted by atomic mass is 9.57. The fourth-order valence-electron chi connectivity index (χ4n) is 6.98.